The molecule has 3 aromatic rings. The Hall–Kier alpha value is -4.20. The van der Waals surface area contributed by atoms with Crippen molar-refractivity contribution in [2.24, 2.45) is 0 Å². The van der Waals surface area contributed by atoms with Crippen molar-refractivity contribution in [3.8, 4) is 17.2 Å². The summed E-state index contributed by atoms with van der Waals surface area (Å²) < 4.78 is 22.2. The molecule has 0 radical (unpaired) electrons. The first-order valence-electron chi connectivity index (χ1n) is 12.2. The van der Waals surface area contributed by atoms with Crippen LogP contribution >= 0.6 is 0 Å². The average molecular weight is 505 g/mol. The number of benzene rings is 3. The first-order chi connectivity index (χ1) is 17.9. The van der Waals surface area contributed by atoms with Gasteiger partial charge in [-0.3, -0.25) is 0 Å². The fourth-order valence-electron chi connectivity index (χ4n) is 4.45. The van der Waals surface area contributed by atoms with Gasteiger partial charge in [0, 0.05) is 12.2 Å². The summed E-state index contributed by atoms with van der Waals surface area (Å²) in [5.41, 5.74) is 4.25. The number of amides is 2. The molecule has 0 bridgehead atoms. The lowest BCUT2D eigenvalue weighted by molar-refractivity contribution is 0.0526. The Morgan fingerprint density at radius 1 is 1.00 bits per heavy atom. The second-order valence-electron chi connectivity index (χ2n) is 8.72. The topological polar surface area (TPSA) is 86.3 Å². The van der Waals surface area contributed by atoms with E-state index >= 15 is 0 Å². The van der Waals surface area contributed by atoms with Crippen LogP contribution in [-0.2, 0) is 11.2 Å². The van der Waals surface area contributed by atoms with E-state index in [1.54, 1.807) is 50.3 Å². The molecule has 0 aliphatic carbocycles. The molecule has 37 heavy (non-hydrogen) atoms. The monoisotopic (exact) mass is 504 g/mol. The van der Waals surface area contributed by atoms with Gasteiger partial charge in [-0.1, -0.05) is 12.1 Å². The standard InChI is InChI=1S/C29H32N2O6/c1-5-36-28(32)20-9-11-23(12-10-20)37-18-25-24-17-27(35-4)26(34-3)16-21(24)13-14-31(25)29(33)30-22-8-6-7-19(2)15-22/h6-12,15-17,25H,5,13-14,18H2,1-4H3,(H,30,33)/t25-/m1/s1. The Kier molecular flexibility index (Phi) is 8.18. The molecule has 194 valence electrons. The van der Waals surface area contributed by atoms with Crippen molar-refractivity contribution >= 4 is 17.7 Å². The fraction of sp³-hybridized carbons (Fsp3) is 0.310. The van der Waals surface area contributed by atoms with Crippen molar-refractivity contribution in [2.45, 2.75) is 26.3 Å². The molecule has 4 rings (SSSR count). The smallest absolute Gasteiger partial charge is 0.338 e. The number of aryl methyl sites for hydroxylation is 1. The van der Waals surface area contributed by atoms with Crippen molar-refractivity contribution in [2.75, 3.05) is 39.3 Å². The molecule has 3 aromatic carbocycles. The molecule has 0 aromatic heterocycles. The molecule has 1 heterocycles. The van der Waals surface area contributed by atoms with Crippen molar-refractivity contribution < 1.29 is 28.5 Å². The zero-order chi connectivity index (χ0) is 26.4. The van der Waals surface area contributed by atoms with Crippen LogP contribution in [-0.4, -0.2) is 50.9 Å². The lowest BCUT2D eigenvalue weighted by Gasteiger charge is -2.37. The molecule has 0 fully saturated rings. The summed E-state index contributed by atoms with van der Waals surface area (Å²) in [6.07, 6.45) is 0.668. The quantitative estimate of drug-likeness (QED) is 0.414. The predicted molar refractivity (Wildman–Crippen MR) is 141 cm³/mol. The third-order valence-electron chi connectivity index (χ3n) is 6.31. The first-order valence-corrected chi connectivity index (χ1v) is 12.2. The lowest BCUT2D eigenvalue weighted by Crippen LogP contribution is -2.44. The third-order valence-corrected chi connectivity index (χ3v) is 6.31. The van der Waals surface area contributed by atoms with E-state index in [4.69, 9.17) is 18.9 Å². The third kappa shape index (κ3) is 5.97. The van der Waals surface area contributed by atoms with E-state index in [0.29, 0.717) is 42.4 Å². The molecular weight excluding hydrogens is 472 g/mol. The number of urea groups is 1. The molecule has 0 saturated heterocycles. The molecule has 1 N–H and O–H groups in total. The van der Waals surface area contributed by atoms with E-state index in [2.05, 4.69) is 5.32 Å². The van der Waals surface area contributed by atoms with Crippen LogP contribution in [0.1, 0.15) is 40.0 Å². The molecular formula is C29H32N2O6. The van der Waals surface area contributed by atoms with Gasteiger partial charge in [0.05, 0.1) is 32.4 Å². The summed E-state index contributed by atoms with van der Waals surface area (Å²) in [6, 6.07) is 17.8. The Morgan fingerprint density at radius 3 is 2.41 bits per heavy atom. The number of methoxy groups -OCH3 is 2. The van der Waals surface area contributed by atoms with Gasteiger partial charge in [0.1, 0.15) is 12.4 Å². The zero-order valence-electron chi connectivity index (χ0n) is 21.6. The molecule has 2 amide bonds. The van der Waals surface area contributed by atoms with E-state index in [9.17, 15) is 9.59 Å². The number of ether oxygens (including phenoxy) is 4. The van der Waals surface area contributed by atoms with E-state index in [1.165, 1.54) is 0 Å². The average Bonchev–Trinajstić information content (AvgIpc) is 2.91. The fourth-order valence-corrected chi connectivity index (χ4v) is 4.45. The van der Waals surface area contributed by atoms with Crippen LogP contribution in [0.25, 0.3) is 0 Å². The number of nitrogens with zero attached hydrogens (tertiary/aromatic N) is 1. The summed E-state index contributed by atoms with van der Waals surface area (Å²) >= 11 is 0. The molecule has 8 nitrogen and oxygen atoms in total. The Morgan fingerprint density at radius 2 is 1.73 bits per heavy atom. The summed E-state index contributed by atoms with van der Waals surface area (Å²) in [4.78, 5) is 27.2. The van der Waals surface area contributed by atoms with Crippen molar-refractivity contribution in [3.63, 3.8) is 0 Å². The van der Waals surface area contributed by atoms with Crippen molar-refractivity contribution in [3.05, 3.63) is 82.9 Å². The van der Waals surface area contributed by atoms with Crippen molar-refractivity contribution in [1.82, 2.24) is 4.90 Å². The molecule has 0 spiro atoms. The Labute approximate surface area is 217 Å². The van der Waals surface area contributed by atoms with Crippen LogP contribution in [0.4, 0.5) is 10.5 Å². The maximum Gasteiger partial charge on any atom is 0.338 e. The highest BCUT2D eigenvalue weighted by atomic mass is 16.5. The highest BCUT2D eigenvalue weighted by Gasteiger charge is 2.33. The summed E-state index contributed by atoms with van der Waals surface area (Å²) in [7, 11) is 3.20. The van der Waals surface area contributed by atoms with Crippen LogP contribution < -0.4 is 19.5 Å². The second kappa shape index (κ2) is 11.7. The van der Waals surface area contributed by atoms with E-state index in [0.717, 1.165) is 22.4 Å². The summed E-state index contributed by atoms with van der Waals surface area (Å²) in [5, 5.41) is 3.02. The van der Waals surface area contributed by atoms with Gasteiger partial charge in [-0.05, 0) is 85.5 Å². The summed E-state index contributed by atoms with van der Waals surface area (Å²) in [6.45, 7) is 4.78. The highest BCUT2D eigenvalue weighted by Crippen LogP contribution is 2.38. The number of carbonyl (C=O) groups is 2. The van der Waals surface area contributed by atoms with Crippen LogP contribution in [0, 0.1) is 6.92 Å². The van der Waals surface area contributed by atoms with Gasteiger partial charge in [0.15, 0.2) is 11.5 Å². The van der Waals surface area contributed by atoms with Gasteiger partial charge < -0.3 is 29.2 Å². The number of fused-ring (bicyclic) bond motifs is 1. The maximum atomic E-state index is 13.4. The molecule has 1 aliphatic rings. The van der Waals surface area contributed by atoms with Crippen LogP contribution in [0.15, 0.2) is 60.7 Å². The van der Waals surface area contributed by atoms with E-state index in [-0.39, 0.29) is 24.6 Å². The Balaban J connectivity index is 1.60. The minimum atomic E-state index is -0.379. The molecule has 0 saturated carbocycles. The number of carbonyl (C=O) groups excluding carboxylic acids is 2. The number of anilines is 1. The summed E-state index contributed by atoms with van der Waals surface area (Å²) in [5.74, 6) is 1.44. The SMILES string of the molecule is CCOC(=O)c1ccc(OC[C@@H]2c3cc(OC)c(OC)cc3CCN2C(=O)Nc2cccc(C)c2)cc1. The second-order valence-corrected chi connectivity index (χ2v) is 8.72. The van der Waals surface area contributed by atoms with Gasteiger partial charge in [0.25, 0.3) is 0 Å². The lowest BCUT2D eigenvalue weighted by atomic mass is 9.92. The maximum absolute atomic E-state index is 13.4. The van der Waals surface area contributed by atoms with Gasteiger partial charge in [0.2, 0.25) is 0 Å². The number of hydrogen-bond donors (Lipinski definition) is 1. The van der Waals surface area contributed by atoms with Gasteiger partial charge in [-0.2, -0.15) is 0 Å². The molecule has 0 unspecified atom stereocenters. The number of hydrogen-bond acceptors (Lipinski definition) is 6. The highest BCUT2D eigenvalue weighted by molar-refractivity contribution is 5.90. The number of rotatable bonds is 8. The zero-order valence-corrected chi connectivity index (χ0v) is 21.6. The normalized spacial score (nSPS) is 14.4. The molecule has 8 heteroatoms. The Bertz CT molecular complexity index is 1260. The van der Waals surface area contributed by atoms with Crippen LogP contribution in [0.2, 0.25) is 0 Å². The van der Waals surface area contributed by atoms with Gasteiger partial charge in [-0.25, -0.2) is 9.59 Å². The minimum absolute atomic E-state index is 0.211. The molecule has 1 aliphatic heterocycles. The van der Waals surface area contributed by atoms with Crippen LogP contribution in [0.3, 0.4) is 0 Å². The minimum Gasteiger partial charge on any atom is -0.493 e. The first kappa shape index (κ1) is 25.9. The van der Waals surface area contributed by atoms with Crippen LogP contribution in [0.5, 0.6) is 17.2 Å². The largest absolute Gasteiger partial charge is 0.493 e. The van der Waals surface area contributed by atoms with Crippen molar-refractivity contribution in [1.29, 1.82) is 0 Å². The number of esters is 1. The number of nitrogens with one attached hydrogen (secondary N) is 1. The molecule has 1 atom stereocenters. The predicted octanol–water partition coefficient (Wildman–Crippen LogP) is 5.40. The van der Waals surface area contributed by atoms with Gasteiger partial charge in [-0.15, -0.1) is 0 Å². The van der Waals surface area contributed by atoms with E-state index < -0.39 is 0 Å². The van der Waals surface area contributed by atoms with Gasteiger partial charge >= 0.3 is 12.0 Å². The van der Waals surface area contributed by atoms with E-state index in [1.807, 2.05) is 43.3 Å².